The van der Waals surface area contributed by atoms with Crippen LogP contribution in [-0.4, -0.2) is 20.4 Å². The topological polar surface area (TPSA) is 72.9 Å². The summed E-state index contributed by atoms with van der Waals surface area (Å²) in [5.74, 6) is -0.195. The van der Waals surface area contributed by atoms with Crippen LogP contribution in [0.25, 0.3) is 0 Å². The van der Waals surface area contributed by atoms with Crippen molar-refractivity contribution in [2.75, 3.05) is 0 Å². The number of thiocarbonyl (C=S) groups is 1. The second kappa shape index (κ2) is 5.62. The Hall–Kier alpha value is -2.21. The number of hydrogen-bond donors (Lipinski definition) is 2. The average molecular weight is 274 g/mol. The van der Waals surface area contributed by atoms with Gasteiger partial charge in [0.15, 0.2) is 0 Å². The number of hydrogen-bond acceptors (Lipinski definition) is 3. The summed E-state index contributed by atoms with van der Waals surface area (Å²) in [6.07, 6.45) is 3.26. The highest BCUT2D eigenvalue weighted by Gasteiger charge is 2.07. The summed E-state index contributed by atoms with van der Waals surface area (Å²) >= 11 is 4.88. The lowest BCUT2D eigenvalue weighted by Gasteiger charge is -2.04. The predicted octanol–water partition coefficient (Wildman–Crippen LogP) is 0.984. The molecule has 3 N–H and O–H groups in total. The van der Waals surface area contributed by atoms with Crippen LogP contribution in [-0.2, 0) is 13.6 Å². The number of nitrogens with zero attached hydrogens (tertiary/aromatic N) is 2. The molecule has 5 nitrogen and oxygen atoms in total. The lowest BCUT2D eigenvalue weighted by Crippen LogP contribution is -2.23. The third-order valence-corrected chi connectivity index (χ3v) is 2.86. The largest absolute Gasteiger partial charge is 0.389 e. The molecule has 0 fully saturated rings. The van der Waals surface area contributed by atoms with Crippen molar-refractivity contribution in [3.05, 3.63) is 53.6 Å². The molecule has 6 heteroatoms. The van der Waals surface area contributed by atoms with Crippen LogP contribution in [0.1, 0.15) is 21.6 Å². The molecule has 1 aromatic heterocycles. The van der Waals surface area contributed by atoms with Crippen molar-refractivity contribution in [2.24, 2.45) is 12.8 Å². The highest BCUT2D eigenvalue weighted by molar-refractivity contribution is 7.80. The van der Waals surface area contributed by atoms with Crippen molar-refractivity contribution in [3.8, 4) is 0 Å². The van der Waals surface area contributed by atoms with Gasteiger partial charge < -0.3 is 15.6 Å². The third-order valence-electron chi connectivity index (χ3n) is 2.63. The molecule has 2 rings (SSSR count). The number of aromatic nitrogens is 2. The molecule has 1 heterocycles. The van der Waals surface area contributed by atoms with E-state index in [4.69, 9.17) is 18.0 Å². The van der Waals surface area contributed by atoms with Crippen LogP contribution in [0.2, 0.25) is 0 Å². The van der Waals surface area contributed by atoms with E-state index >= 15 is 0 Å². The fraction of sp³-hybridized carbons (Fsp3) is 0.154. The van der Waals surface area contributed by atoms with E-state index in [0.717, 1.165) is 11.1 Å². The molecule has 0 aliphatic heterocycles. The van der Waals surface area contributed by atoms with Crippen LogP contribution in [0.3, 0.4) is 0 Å². The zero-order valence-corrected chi connectivity index (χ0v) is 11.3. The minimum absolute atomic E-state index is 0.195. The maximum atomic E-state index is 11.8. The molecule has 0 saturated heterocycles. The molecule has 2 aromatic rings. The van der Waals surface area contributed by atoms with Crippen molar-refractivity contribution >= 4 is 23.1 Å². The molecule has 0 saturated carbocycles. The van der Waals surface area contributed by atoms with Gasteiger partial charge in [0.05, 0.1) is 6.33 Å². The van der Waals surface area contributed by atoms with E-state index < -0.39 is 0 Å². The van der Waals surface area contributed by atoms with Crippen LogP contribution in [0.4, 0.5) is 0 Å². The summed E-state index contributed by atoms with van der Waals surface area (Å²) in [5, 5.41) is 2.80. The summed E-state index contributed by atoms with van der Waals surface area (Å²) in [6, 6.07) is 7.44. The maximum Gasteiger partial charge on any atom is 0.271 e. The number of rotatable bonds is 4. The molecule has 0 aliphatic rings. The number of carbonyl (C=O) groups is 1. The van der Waals surface area contributed by atoms with Gasteiger partial charge in [0.1, 0.15) is 10.7 Å². The van der Waals surface area contributed by atoms with E-state index in [-0.39, 0.29) is 5.91 Å². The Morgan fingerprint density at radius 1 is 1.42 bits per heavy atom. The van der Waals surface area contributed by atoms with Gasteiger partial charge in [-0.3, -0.25) is 4.79 Å². The monoisotopic (exact) mass is 274 g/mol. The second-order valence-electron chi connectivity index (χ2n) is 4.17. The van der Waals surface area contributed by atoms with Gasteiger partial charge in [-0.2, -0.15) is 0 Å². The number of nitrogens with two attached hydrogens (primary N) is 1. The fourth-order valence-corrected chi connectivity index (χ4v) is 1.73. The quantitative estimate of drug-likeness (QED) is 0.815. The molecule has 0 unspecified atom stereocenters. The Balaban J connectivity index is 1.95. The minimum atomic E-state index is -0.195. The third kappa shape index (κ3) is 3.38. The molecule has 98 valence electrons. The van der Waals surface area contributed by atoms with Gasteiger partial charge in [0.2, 0.25) is 0 Å². The summed E-state index contributed by atoms with van der Waals surface area (Å²) in [7, 11) is 1.82. The van der Waals surface area contributed by atoms with Crippen molar-refractivity contribution in [1.82, 2.24) is 14.9 Å². The molecule has 19 heavy (non-hydrogen) atoms. The molecular formula is C13H14N4OS. The first kappa shape index (κ1) is 13.2. The number of amides is 1. The first-order valence-electron chi connectivity index (χ1n) is 5.71. The molecule has 1 aromatic carbocycles. The molecular weight excluding hydrogens is 260 g/mol. The predicted molar refractivity (Wildman–Crippen MR) is 76.7 cm³/mol. The molecule has 0 atom stereocenters. The van der Waals surface area contributed by atoms with Gasteiger partial charge in [-0.25, -0.2) is 4.98 Å². The average Bonchev–Trinajstić information content (AvgIpc) is 2.83. The zero-order chi connectivity index (χ0) is 13.8. The van der Waals surface area contributed by atoms with Crippen molar-refractivity contribution in [2.45, 2.75) is 6.54 Å². The Morgan fingerprint density at radius 2 is 2.11 bits per heavy atom. The lowest BCUT2D eigenvalue weighted by molar-refractivity contribution is 0.0946. The Bertz CT molecular complexity index is 603. The van der Waals surface area contributed by atoms with E-state index in [0.29, 0.717) is 17.2 Å². The van der Waals surface area contributed by atoms with Gasteiger partial charge in [-0.1, -0.05) is 36.5 Å². The van der Waals surface area contributed by atoms with E-state index in [1.165, 1.54) is 0 Å². The highest BCUT2D eigenvalue weighted by atomic mass is 32.1. The van der Waals surface area contributed by atoms with Gasteiger partial charge in [-0.05, 0) is 5.56 Å². The van der Waals surface area contributed by atoms with Crippen molar-refractivity contribution in [1.29, 1.82) is 0 Å². The van der Waals surface area contributed by atoms with Crippen LogP contribution >= 0.6 is 12.2 Å². The first-order chi connectivity index (χ1) is 9.06. The lowest BCUT2D eigenvalue weighted by atomic mass is 10.1. The standard InChI is InChI=1S/C13H14N4OS/c1-17-7-11(16-8-17)13(18)15-6-9-2-4-10(5-3-9)12(14)19/h2-5,7-8H,6H2,1H3,(H2,14,19)(H,15,18). The minimum Gasteiger partial charge on any atom is -0.389 e. The molecule has 0 aliphatic carbocycles. The highest BCUT2D eigenvalue weighted by Crippen LogP contribution is 2.04. The van der Waals surface area contributed by atoms with Crippen LogP contribution in [0, 0.1) is 0 Å². The van der Waals surface area contributed by atoms with Crippen LogP contribution in [0.15, 0.2) is 36.8 Å². The van der Waals surface area contributed by atoms with E-state index in [9.17, 15) is 4.79 Å². The Kier molecular flexibility index (Phi) is 3.91. The number of nitrogens with one attached hydrogen (secondary N) is 1. The van der Waals surface area contributed by atoms with Crippen LogP contribution < -0.4 is 11.1 Å². The van der Waals surface area contributed by atoms with Crippen molar-refractivity contribution < 1.29 is 4.79 Å². The Labute approximate surface area is 116 Å². The normalized spacial score (nSPS) is 10.2. The summed E-state index contributed by atoms with van der Waals surface area (Å²) in [5.41, 5.74) is 7.71. The van der Waals surface area contributed by atoms with Gasteiger partial charge >= 0.3 is 0 Å². The Morgan fingerprint density at radius 3 is 2.63 bits per heavy atom. The summed E-state index contributed by atoms with van der Waals surface area (Å²) < 4.78 is 1.73. The number of carbonyl (C=O) groups excluding carboxylic acids is 1. The molecule has 0 radical (unpaired) electrons. The number of aryl methyl sites for hydroxylation is 1. The van der Waals surface area contributed by atoms with E-state index in [2.05, 4.69) is 10.3 Å². The van der Waals surface area contributed by atoms with E-state index in [1.807, 2.05) is 31.3 Å². The number of imidazole rings is 1. The van der Waals surface area contributed by atoms with Gasteiger partial charge in [0, 0.05) is 25.4 Å². The van der Waals surface area contributed by atoms with Gasteiger partial charge in [-0.15, -0.1) is 0 Å². The fourth-order valence-electron chi connectivity index (χ4n) is 1.59. The molecule has 0 spiro atoms. The van der Waals surface area contributed by atoms with Crippen molar-refractivity contribution in [3.63, 3.8) is 0 Å². The van der Waals surface area contributed by atoms with Crippen LogP contribution in [0.5, 0.6) is 0 Å². The first-order valence-corrected chi connectivity index (χ1v) is 6.12. The maximum absolute atomic E-state index is 11.8. The number of benzene rings is 1. The summed E-state index contributed by atoms with van der Waals surface area (Å²) in [6.45, 7) is 0.438. The van der Waals surface area contributed by atoms with Gasteiger partial charge in [0.25, 0.3) is 5.91 Å². The molecule has 0 bridgehead atoms. The zero-order valence-electron chi connectivity index (χ0n) is 10.5. The van der Waals surface area contributed by atoms with E-state index in [1.54, 1.807) is 17.1 Å². The molecule has 1 amide bonds. The second-order valence-corrected chi connectivity index (χ2v) is 4.61. The smallest absolute Gasteiger partial charge is 0.271 e. The summed E-state index contributed by atoms with van der Waals surface area (Å²) in [4.78, 5) is 16.1. The SMILES string of the molecule is Cn1cnc(C(=O)NCc2ccc(C(N)=S)cc2)c1.